The molecule has 1 N–H and O–H groups in total. The number of carboxylic acids is 1. The molecule has 0 saturated carbocycles. The molecule has 1 aromatic rings. The second-order valence-corrected chi connectivity index (χ2v) is 6.52. The molecule has 0 radical (unpaired) electrons. The molecule has 0 amide bonds. The summed E-state index contributed by atoms with van der Waals surface area (Å²) in [6, 6.07) is 5.84. The lowest BCUT2D eigenvalue weighted by Crippen LogP contribution is -2.30. The zero-order valence-electron chi connectivity index (χ0n) is 9.41. The summed E-state index contributed by atoms with van der Waals surface area (Å²) in [5.74, 6) is -1.57. The van der Waals surface area contributed by atoms with Gasteiger partial charge in [0.25, 0.3) is 0 Å². The highest BCUT2D eigenvalue weighted by Gasteiger charge is 2.35. The third-order valence-electron chi connectivity index (χ3n) is 2.95. The molecular weight excluding hydrogens is 278 g/mol. The maximum absolute atomic E-state index is 12.2. The summed E-state index contributed by atoms with van der Waals surface area (Å²) in [7, 11) is -3.61. The molecule has 1 aliphatic rings. The van der Waals surface area contributed by atoms with Crippen LogP contribution in [0.3, 0.4) is 0 Å². The lowest BCUT2D eigenvalue weighted by atomic mass is 10.1. The van der Waals surface area contributed by atoms with Gasteiger partial charge < -0.3 is 5.11 Å². The average Bonchev–Trinajstić information content (AvgIpc) is 2.79. The van der Waals surface area contributed by atoms with Gasteiger partial charge in [-0.05, 0) is 30.7 Å². The number of aliphatic carboxylic acids is 1. The Bertz CT molecular complexity index is 555. The molecule has 1 fully saturated rings. The number of benzene rings is 1. The molecule has 98 valence electrons. The molecule has 1 aromatic carbocycles. The molecule has 1 heterocycles. The van der Waals surface area contributed by atoms with Gasteiger partial charge in [-0.25, -0.2) is 8.42 Å². The highest BCUT2D eigenvalue weighted by Crippen LogP contribution is 2.25. The van der Waals surface area contributed by atoms with Crippen molar-refractivity contribution in [1.82, 2.24) is 4.31 Å². The maximum Gasteiger partial charge on any atom is 0.307 e. The van der Waals surface area contributed by atoms with Crippen molar-refractivity contribution in [2.75, 3.05) is 13.1 Å². The number of carboxylic acid groups (broad SMARTS) is 1. The van der Waals surface area contributed by atoms with Crippen molar-refractivity contribution in [3.8, 4) is 0 Å². The van der Waals surface area contributed by atoms with E-state index in [-0.39, 0.29) is 18.0 Å². The molecule has 1 aliphatic heterocycles. The molecule has 0 aliphatic carbocycles. The van der Waals surface area contributed by atoms with E-state index in [4.69, 9.17) is 16.7 Å². The van der Waals surface area contributed by atoms with Crippen LogP contribution < -0.4 is 0 Å². The van der Waals surface area contributed by atoms with Gasteiger partial charge in [-0.2, -0.15) is 4.31 Å². The van der Waals surface area contributed by atoms with Crippen molar-refractivity contribution in [3.05, 3.63) is 29.3 Å². The first-order chi connectivity index (χ1) is 8.41. The first-order valence-corrected chi connectivity index (χ1v) is 7.21. The van der Waals surface area contributed by atoms with E-state index in [0.29, 0.717) is 11.4 Å². The van der Waals surface area contributed by atoms with Crippen LogP contribution in [0.1, 0.15) is 6.42 Å². The molecule has 5 nitrogen and oxygen atoms in total. The zero-order valence-corrected chi connectivity index (χ0v) is 11.0. The predicted octanol–water partition coefficient (Wildman–Crippen LogP) is 1.44. The number of halogens is 1. The summed E-state index contributed by atoms with van der Waals surface area (Å²) in [6.07, 6.45) is 0.349. The van der Waals surface area contributed by atoms with Gasteiger partial charge in [0.15, 0.2) is 0 Å². The lowest BCUT2D eigenvalue weighted by molar-refractivity contribution is -0.141. The average molecular weight is 290 g/mol. The standard InChI is InChI=1S/C11H12ClNO4S/c12-9-1-3-10(4-2-9)18(16,17)13-6-5-8(7-13)11(14)15/h1-4,8H,5-7H2,(H,14,15). The Morgan fingerprint density at radius 2 is 1.94 bits per heavy atom. The number of carbonyl (C=O) groups is 1. The Hall–Kier alpha value is -1.11. The molecule has 1 atom stereocenters. The van der Waals surface area contributed by atoms with Crippen LogP contribution in [0.5, 0.6) is 0 Å². The van der Waals surface area contributed by atoms with Gasteiger partial charge in [-0.1, -0.05) is 11.6 Å². The number of hydrogen-bond acceptors (Lipinski definition) is 3. The molecule has 0 bridgehead atoms. The minimum absolute atomic E-state index is 0.0281. The third kappa shape index (κ3) is 2.50. The fourth-order valence-electron chi connectivity index (χ4n) is 1.90. The van der Waals surface area contributed by atoms with Gasteiger partial charge in [0.05, 0.1) is 10.8 Å². The zero-order chi connectivity index (χ0) is 13.3. The van der Waals surface area contributed by atoms with Crippen LogP contribution >= 0.6 is 11.6 Å². The summed E-state index contributed by atoms with van der Waals surface area (Å²) < 4.78 is 25.6. The molecule has 2 rings (SSSR count). The van der Waals surface area contributed by atoms with Crippen molar-refractivity contribution < 1.29 is 18.3 Å². The Balaban J connectivity index is 2.22. The van der Waals surface area contributed by atoms with Gasteiger partial charge in [0, 0.05) is 18.1 Å². The smallest absolute Gasteiger partial charge is 0.307 e. The molecule has 18 heavy (non-hydrogen) atoms. The lowest BCUT2D eigenvalue weighted by Gasteiger charge is -2.15. The SMILES string of the molecule is O=C(O)C1CCN(S(=O)(=O)c2ccc(Cl)cc2)C1. The molecular formula is C11H12ClNO4S. The highest BCUT2D eigenvalue weighted by atomic mass is 35.5. The summed E-state index contributed by atoms with van der Waals surface area (Å²) in [6.45, 7) is 0.266. The Morgan fingerprint density at radius 3 is 2.44 bits per heavy atom. The fraction of sp³-hybridized carbons (Fsp3) is 0.364. The number of rotatable bonds is 3. The molecule has 1 unspecified atom stereocenters. The number of sulfonamides is 1. The summed E-state index contributed by atoms with van der Waals surface area (Å²) in [5.41, 5.74) is 0. The second-order valence-electron chi connectivity index (χ2n) is 4.14. The van der Waals surface area contributed by atoms with E-state index in [9.17, 15) is 13.2 Å². The van der Waals surface area contributed by atoms with Crippen molar-refractivity contribution in [3.63, 3.8) is 0 Å². The van der Waals surface area contributed by atoms with Crippen LogP contribution in [0, 0.1) is 5.92 Å². The second kappa shape index (κ2) is 4.87. The normalized spacial score (nSPS) is 21.1. The van der Waals surface area contributed by atoms with Gasteiger partial charge in [0.1, 0.15) is 0 Å². The van der Waals surface area contributed by atoms with Crippen LogP contribution in [-0.2, 0) is 14.8 Å². The van der Waals surface area contributed by atoms with Gasteiger partial charge in [0.2, 0.25) is 10.0 Å². The summed E-state index contributed by atoms with van der Waals surface area (Å²) >= 11 is 5.70. The van der Waals surface area contributed by atoms with Crippen molar-refractivity contribution in [1.29, 1.82) is 0 Å². The predicted molar refractivity (Wildman–Crippen MR) is 66.0 cm³/mol. The van der Waals surface area contributed by atoms with Crippen LogP contribution in [0.4, 0.5) is 0 Å². The molecule has 1 saturated heterocycles. The van der Waals surface area contributed by atoms with Crippen molar-refractivity contribution in [2.45, 2.75) is 11.3 Å². The van der Waals surface area contributed by atoms with Crippen LogP contribution in [-0.4, -0.2) is 36.9 Å². The van der Waals surface area contributed by atoms with Crippen molar-refractivity contribution >= 4 is 27.6 Å². The Morgan fingerprint density at radius 1 is 1.33 bits per heavy atom. The summed E-state index contributed by atoms with van der Waals surface area (Å²) in [5, 5.41) is 9.32. The number of hydrogen-bond donors (Lipinski definition) is 1. The van der Waals surface area contributed by atoms with E-state index < -0.39 is 21.9 Å². The highest BCUT2D eigenvalue weighted by molar-refractivity contribution is 7.89. The maximum atomic E-state index is 12.2. The van der Waals surface area contributed by atoms with E-state index in [1.165, 1.54) is 28.6 Å². The minimum Gasteiger partial charge on any atom is -0.481 e. The van der Waals surface area contributed by atoms with Gasteiger partial charge in [-0.3, -0.25) is 4.79 Å². The molecule has 0 aromatic heterocycles. The topological polar surface area (TPSA) is 74.7 Å². The van der Waals surface area contributed by atoms with Crippen LogP contribution in [0.25, 0.3) is 0 Å². The first kappa shape index (κ1) is 13.3. The minimum atomic E-state index is -3.61. The van der Waals surface area contributed by atoms with Crippen LogP contribution in [0.15, 0.2) is 29.2 Å². The van der Waals surface area contributed by atoms with E-state index >= 15 is 0 Å². The van der Waals surface area contributed by atoms with Gasteiger partial charge in [-0.15, -0.1) is 0 Å². The van der Waals surface area contributed by atoms with Crippen molar-refractivity contribution in [2.24, 2.45) is 5.92 Å². The Kier molecular flexibility index (Phi) is 3.61. The van der Waals surface area contributed by atoms with Gasteiger partial charge >= 0.3 is 5.97 Å². The largest absolute Gasteiger partial charge is 0.481 e. The van der Waals surface area contributed by atoms with E-state index in [1.807, 2.05) is 0 Å². The summed E-state index contributed by atoms with van der Waals surface area (Å²) in [4.78, 5) is 11.0. The first-order valence-electron chi connectivity index (χ1n) is 5.40. The van der Waals surface area contributed by atoms with Crippen LogP contribution in [0.2, 0.25) is 5.02 Å². The third-order valence-corrected chi connectivity index (χ3v) is 5.08. The quantitative estimate of drug-likeness (QED) is 0.913. The Labute approximate surface area is 110 Å². The number of nitrogens with zero attached hydrogens (tertiary/aromatic N) is 1. The van der Waals surface area contributed by atoms with E-state index in [1.54, 1.807) is 0 Å². The molecule has 0 spiro atoms. The van der Waals surface area contributed by atoms with E-state index in [2.05, 4.69) is 0 Å². The van der Waals surface area contributed by atoms with E-state index in [0.717, 1.165) is 0 Å². The molecule has 7 heteroatoms. The monoisotopic (exact) mass is 289 g/mol. The fourth-order valence-corrected chi connectivity index (χ4v) is 3.53.